The molecule has 0 unspecified atom stereocenters. The Morgan fingerprint density at radius 2 is 2.18 bits per heavy atom. The molecule has 0 fully saturated rings. The first-order valence-electron chi connectivity index (χ1n) is 7.96. The lowest BCUT2D eigenvalue weighted by Gasteiger charge is -2.26. The molecule has 22 heavy (non-hydrogen) atoms. The summed E-state index contributed by atoms with van der Waals surface area (Å²) in [6.45, 7) is 3.92. The monoisotopic (exact) mass is 300 g/mol. The standard InChI is InChI=1S/C17H24N4O/c22-13-15(8-14-4-2-1-3-5-14)9-18-10-16-11-19-17-6-7-20-21(17)12-16/h1-7,15-16,18-19,22H,8-13H2/t15-,16-/m1/s1. The summed E-state index contributed by atoms with van der Waals surface area (Å²) in [5.74, 6) is 1.90. The topological polar surface area (TPSA) is 62.1 Å². The van der Waals surface area contributed by atoms with Gasteiger partial charge in [-0.05, 0) is 17.9 Å². The van der Waals surface area contributed by atoms with Crippen molar-refractivity contribution in [3.63, 3.8) is 0 Å². The molecule has 2 aromatic rings. The Kier molecular flexibility index (Phi) is 5.08. The molecular weight excluding hydrogens is 276 g/mol. The van der Waals surface area contributed by atoms with Crippen molar-refractivity contribution < 1.29 is 5.11 Å². The van der Waals surface area contributed by atoms with Gasteiger partial charge in [-0.15, -0.1) is 0 Å². The Morgan fingerprint density at radius 3 is 3.00 bits per heavy atom. The molecule has 0 amide bonds. The molecule has 1 aromatic carbocycles. The van der Waals surface area contributed by atoms with Crippen molar-refractivity contribution in [1.82, 2.24) is 15.1 Å². The minimum atomic E-state index is 0.216. The fraction of sp³-hybridized carbons (Fsp3) is 0.471. The maximum atomic E-state index is 9.56. The van der Waals surface area contributed by atoms with Crippen LogP contribution in [-0.4, -0.2) is 41.1 Å². The van der Waals surface area contributed by atoms with E-state index in [9.17, 15) is 5.11 Å². The van der Waals surface area contributed by atoms with Gasteiger partial charge < -0.3 is 15.7 Å². The molecule has 5 heteroatoms. The molecule has 2 heterocycles. The average Bonchev–Trinajstić information content (AvgIpc) is 3.02. The van der Waals surface area contributed by atoms with Crippen molar-refractivity contribution in [3.8, 4) is 0 Å². The summed E-state index contributed by atoms with van der Waals surface area (Å²) >= 11 is 0. The normalized spacial score (nSPS) is 18.5. The lowest BCUT2D eigenvalue weighted by atomic mass is 9.99. The average molecular weight is 300 g/mol. The summed E-state index contributed by atoms with van der Waals surface area (Å²) in [4.78, 5) is 0. The summed E-state index contributed by atoms with van der Waals surface area (Å²) < 4.78 is 2.02. The van der Waals surface area contributed by atoms with Gasteiger partial charge in [0.05, 0.1) is 6.20 Å². The molecule has 0 radical (unpaired) electrons. The number of anilines is 1. The van der Waals surface area contributed by atoms with Crippen molar-refractivity contribution in [2.45, 2.75) is 13.0 Å². The second kappa shape index (κ2) is 7.42. The predicted molar refractivity (Wildman–Crippen MR) is 87.8 cm³/mol. The second-order valence-corrected chi connectivity index (χ2v) is 6.04. The Bertz CT molecular complexity index is 569. The molecule has 3 rings (SSSR count). The molecule has 0 bridgehead atoms. The van der Waals surface area contributed by atoms with Gasteiger partial charge in [-0.25, -0.2) is 4.68 Å². The summed E-state index contributed by atoms with van der Waals surface area (Å²) in [5, 5.41) is 20.8. The number of rotatable bonds is 7. The quantitative estimate of drug-likeness (QED) is 0.723. The zero-order chi connectivity index (χ0) is 15.2. The first-order chi connectivity index (χ1) is 10.8. The van der Waals surface area contributed by atoms with Crippen LogP contribution in [0, 0.1) is 11.8 Å². The smallest absolute Gasteiger partial charge is 0.124 e. The van der Waals surface area contributed by atoms with Crippen molar-refractivity contribution in [1.29, 1.82) is 0 Å². The van der Waals surface area contributed by atoms with Gasteiger partial charge >= 0.3 is 0 Å². The zero-order valence-electron chi connectivity index (χ0n) is 12.8. The fourth-order valence-corrected chi connectivity index (χ4v) is 2.96. The summed E-state index contributed by atoms with van der Waals surface area (Å²) in [5.41, 5.74) is 1.28. The number of benzene rings is 1. The highest BCUT2D eigenvalue weighted by atomic mass is 16.3. The van der Waals surface area contributed by atoms with Crippen LogP contribution in [0.25, 0.3) is 0 Å². The highest BCUT2D eigenvalue weighted by molar-refractivity contribution is 5.35. The Morgan fingerprint density at radius 1 is 1.32 bits per heavy atom. The Hall–Kier alpha value is -1.85. The van der Waals surface area contributed by atoms with Gasteiger partial charge in [-0.1, -0.05) is 30.3 Å². The van der Waals surface area contributed by atoms with Crippen molar-refractivity contribution in [3.05, 3.63) is 48.2 Å². The maximum absolute atomic E-state index is 9.56. The van der Waals surface area contributed by atoms with Crippen LogP contribution in [0.3, 0.4) is 0 Å². The van der Waals surface area contributed by atoms with Crippen LogP contribution in [0.5, 0.6) is 0 Å². The third-order valence-corrected chi connectivity index (χ3v) is 4.21. The number of hydrogen-bond acceptors (Lipinski definition) is 4. The lowest BCUT2D eigenvalue weighted by molar-refractivity contribution is 0.219. The zero-order valence-corrected chi connectivity index (χ0v) is 12.8. The van der Waals surface area contributed by atoms with Crippen LogP contribution in [0.15, 0.2) is 42.6 Å². The fourth-order valence-electron chi connectivity index (χ4n) is 2.96. The molecule has 1 aromatic heterocycles. The first kappa shape index (κ1) is 15.1. The van der Waals surface area contributed by atoms with Crippen LogP contribution in [0.1, 0.15) is 5.56 Å². The van der Waals surface area contributed by atoms with Crippen LogP contribution in [0.2, 0.25) is 0 Å². The molecule has 3 N–H and O–H groups in total. The van der Waals surface area contributed by atoms with Gasteiger partial charge in [0.2, 0.25) is 0 Å². The Balaban J connectivity index is 1.42. The van der Waals surface area contributed by atoms with Crippen LogP contribution < -0.4 is 10.6 Å². The van der Waals surface area contributed by atoms with Crippen molar-refractivity contribution >= 4 is 5.82 Å². The van der Waals surface area contributed by atoms with Gasteiger partial charge in [-0.2, -0.15) is 5.10 Å². The summed E-state index contributed by atoms with van der Waals surface area (Å²) in [6, 6.07) is 12.4. The third kappa shape index (κ3) is 3.87. The van der Waals surface area contributed by atoms with E-state index >= 15 is 0 Å². The minimum Gasteiger partial charge on any atom is -0.396 e. The number of aromatic nitrogens is 2. The van der Waals surface area contributed by atoms with E-state index in [0.717, 1.165) is 38.4 Å². The highest BCUT2D eigenvalue weighted by Crippen LogP contribution is 2.15. The van der Waals surface area contributed by atoms with Crippen molar-refractivity contribution in [2.24, 2.45) is 11.8 Å². The second-order valence-electron chi connectivity index (χ2n) is 6.04. The molecule has 0 spiro atoms. The van der Waals surface area contributed by atoms with E-state index in [1.165, 1.54) is 5.56 Å². The van der Waals surface area contributed by atoms with E-state index in [0.29, 0.717) is 5.92 Å². The van der Waals surface area contributed by atoms with Crippen LogP contribution in [0.4, 0.5) is 5.82 Å². The van der Waals surface area contributed by atoms with Crippen LogP contribution >= 0.6 is 0 Å². The maximum Gasteiger partial charge on any atom is 0.124 e. The van der Waals surface area contributed by atoms with E-state index in [1.807, 2.05) is 35.1 Å². The minimum absolute atomic E-state index is 0.216. The SMILES string of the molecule is OC[C@@H](CNC[C@@H]1CNc2ccnn2C1)Cc1ccccc1. The summed E-state index contributed by atoms with van der Waals surface area (Å²) in [6.07, 6.45) is 2.75. The van der Waals surface area contributed by atoms with Crippen LogP contribution in [-0.2, 0) is 13.0 Å². The third-order valence-electron chi connectivity index (χ3n) is 4.21. The molecule has 2 atom stereocenters. The first-order valence-corrected chi connectivity index (χ1v) is 7.96. The number of aliphatic hydroxyl groups is 1. The molecule has 5 nitrogen and oxygen atoms in total. The van der Waals surface area contributed by atoms with E-state index in [2.05, 4.69) is 27.9 Å². The van der Waals surface area contributed by atoms with E-state index in [-0.39, 0.29) is 12.5 Å². The molecule has 0 saturated heterocycles. The highest BCUT2D eigenvalue weighted by Gasteiger charge is 2.18. The number of fused-ring (bicyclic) bond motifs is 1. The lowest BCUT2D eigenvalue weighted by Crippen LogP contribution is -2.37. The number of nitrogens with zero attached hydrogens (tertiary/aromatic N) is 2. The predicted octanol–water partition coefficient (Wildman–Crippen LogP) is 1.37. The van der Waals surface area contributed by atoms with Gasteiger partial charge in [0.25, 0.3) is 0 Å². The van der Waals surface area contributed by atoms with Gasteiger partial charge in [0.15, 0.2) is 0 Å². The van der Waals surface area contributed by atoms with Gasteiger partial charge in [0, 0.05) is 44.8 Å². The largest absolute Gasteiger partial charge is 0.396 e. The van der Waals surface area contributed by atoms with Gasteiger partial charge in [0.1, 0.15) is 5.82 Å². The number of hydrogen-bond donors (Lipinski definition) is 3. The summed E-state index contributed by atoms with van der Waals surface area (Å²) in [7, 11) is 0. The molecule has 1 aliphatic rings. The van der Waals surface area contributed by atoms with Gasteiger partial charge in [-0.3, -0.25) is 0 Å². The number of aliphatic hydroxyl groups excluding tert-OH is 1. The number of nitrogens with one attached hydrogen (secondary N) is 2. The van der Waals surface area contributed by atoms with E-state index < -0.39 is 0 Å². The van der Waals surface area contributed by atoms with Crippen molar-refractivity contribution in [2.75, 3.05) is 31.6 Å². The van der Waals surface area contributed by atoms with E-state index in [1.54, 1.807) is 0 Å². The molecule has 0 saturated carbocycles. The van der Waals surface area contributed by atoms with E-state index in [4.69, 9.17) is 0 Å². The molecule has 0 aliphatic carbocycles. The molecule has 1 aliphatic heterocycles. The molecule has 118 valence electrons. The Labute approximate surface area is 131 Å². The molecular formula is C17H24N4O.